The normalized spacial score (nSPS) is 11.3. The summed E-state index contributed by atoms with van der Waals surface area (Å²) >= 11 is 2.52. The number of halogens is 4. The zero-order chi connectivity index (χ0) is 13.4. The predicted molar refractivity (Wildman–Crippen MR) is 52.8 cm³/mol. The van der Waals surface area contributed by atoms with Gasteiger partial charge in [0, 0.05) is 10.5 Å². The first-order chi connectivity index (χ1) is 7.64. The van der Waals surface area contributed by atoms with Crippen molar-refractivity contribution in [2.24, 2.45) is 0 Å². The minimum absolute atomic E-state index is 0.227. The molecular weight excluding hydrogens is 311 g/mol. The molecule has 9 heteroatoms. The van der Waals surface area contributed by atoms with E-state index in [1.165, 1.54) is 0 Å². The van der Waals surface area contributed by atoms with Crippen molar-refractivity contribution < 1.29 is 28.0 Å². The standard InChI is InChI=1S/C8H3BrF3NO4/c9-5-2-6(13(16)17)3(7(14)15)1-4(5)8(10,11)12/h1-2H,(H,14,15). The van der Waals surface area contributed by atoms with Crippen molar-refractivity contribution in [2.45, 2.75) is 6.18 Å². The number of carboxylic acid groups (broad SMARTS) is 1. The SMILES string of the molecule is O=C(O)c1cc(C(F)(F)F)c(Br)cc1[N+](=O)[O-]. The van der Waals surface area contributed by atoms with Crippen molar-refractivity contribution in [3.8, 4) is 0 Å². The smallest absolute Gasteiger partial charge is 0.417 e. The molecule has 0 bridgehead atoms. The Morgan fingerprint density at radius 1 is 1.41 bits per heavy atom. The summed E-state index contributed by atoms with van der Waals surface area (Å²) in [6.07, 6.45) is -4.79. The number of hydrogen-bond donors (Lipinski definition) is 1. The van der Waals surface area contributed by atoms with E-state index < -0.39 is 38.4 Å². The average Bonchev–Trinajstić information content (AvgIpc) is 2.14. The second-order valence-corrected chi connectivity index (χ2v) is 3.76. The highest BCUT2D eigenvalue weighted by atomic mass is 79.9. The Kier molecular flexibility index (Phi) is 3.41. The molecule has 0 spiro atoms. The van der Waals surface area contributed by atoms with Gasteiger partial charge in [-0.25, -0.2) is 4.79 Å². The van der Waals surface area contributed by atoms with Crippen molar-refractivity contribution in [1.29, 1.82) is 0 Å². The molecule has 0 saturated heterocycles. The van der Waals surface area contributed by atoms with Gasteiger partial charge >= 0.3 is 12.1 Å². The van der Waals surface area contributed by atoms with Gasteiger partial charge in [-0.1, -0.05) is 0 Å². The zero-order valence-corrected chi connectivity index (χ0v) is 9.37. The molecule has 0 amide bonds. The molecule has 0 aliphatic carbocycles. The number of nitro groups is 1. The molecular formula is C8H3BrF3NO4. The molecule has 0 atom stereocenters. The number of carboxylic acids is 1. The lowest BCUT2D eigenvalue weighted by molar-refractivity contribution is -0.385. The van der Waals surface area contributed by atoms with Crippen LogP contribution in [0.25, 0.3) is 0 Å². The summed E-state index contributed by atoms with van der Waals surface area (Å²) < 4.78 is 36.7. The number of alkyl halides is 3. The van der Waals surface area contributed by atoms with E-state index in [1.807, 2.05) is 0 Å². The largest absolute Gasteiger partial charge is 0.477 e. The molecule has 0 aliphatic rings. The summed E-state index contributed by atoms with van der Waals surface area (Å²) in [5.41, 5.74) is -3.19. The van der Waals surface area contributed by atoms with E-state index in [1.54, 1.807) is 0 Å². The third-order valence-electron chi connectivity index (χ3n) is 1.82. The Morgan fingerprint density at radius 2 is 1.94 bits per heavy atom. The molecule has 0 aromatic heterocycles. The number of aromatic carboxylic acids is 1. The Bertz CT molecular complexity index is 500. The Morgan fingerprint density at radius 3 is 2.29 bits per heavy atom. The van der Waals surface area contributed by atoms with Crippen LogP contribution in [0.4, 0.5) is 18.9 Å². The van der Waals surface area contributed by atoms with Crippen LogP contribution >= 0.6 is 15.9 Å². The maximum atomic E-state index is 12.4. The number of hydrogen-bond acceptors (Lipinski definition) is 3. The number of rotatable bonds is 2. The molecule has 0 saturated carbocycles. The molecule has 1 aromatic carbocycles. The monoisotopic (exact) mass is 313 g/mol. The average molecular weight is 314 g/mol. The molecule has 5 nitrogen and oxygen atoms in total. The topological polar surface area (TPSA) is 80.4 Å². The van der Waals surface area contributed by atoms with Gasteiger partial charge in [-0.15, -0.1) is 0 Å². The fourth-order valence-corrected chi connectivity index (χ4v) is 1.66. The maximum Gasteiger partial charge on any atom is 0.417 e. The quantitative estimate of drug-likeness (QED) is 0.672. The van der Waals surface area contributed by atoms with E-state index in [9.17, 15) is 28.1 Å². The van der Waals surface area contributed by atoms with Gasteiger partial charge in [0.2, 0.25) is 0 Å². The van der Waals surface area contributed by atoms with Crippen LogP contribution < -0.4 is 0 Å². The lowest BCUT2D eigenvalue weighted by Crippen LogP contribution is -2.10. The van der Waals surface area contributed by atoms with Crippen molar-refractivity contribution in [2.75, 3.05) is 0 Å². The lowest BCUT2D eigenvalue weighted by Gasteiger charge is -2.09. The minimum atomic E-state index is -4.79. The highest BCUT2D eigenvalue weighted by Crippen LogP contribution is 2.38. The fourth-order valence-electron chi connectivity index (χ4n) is 1.10. The molecule has 0 fully saturated rings. The Labute approximate surface area is 100 Å². The summed E-state index contributed by atoms with van der Waals surface area (Å²) in [7, 11) is 0. The number of benzene rings is 1. The van der Waals surface area contributed by atoms with Crippen molar-refractivity contribution in [1.82, 2.24) is 0 Å². The zero-order valence-electron chi connectivity index (χ0n) is 7.79. The first kappa shape index (κ1) is 13.4. The van der Waals surface area contributed by atoms with Gasteiger partial charge in [-0.05, 0) is 22.0 Å². The highest BCUT2D eigenvalue weighted by molar-refractivity contribution is 9.10. The predicted octanol–water partition coefficient (Wildman–Crippen LogP) is 3.07. The summed E-state index contributed by atoms with van der Waals surface area (Å²) in [4.78, 5) is 20.0. The van der Waals surface area contributed by atoms with Crippen molar-refractivity contribution in [3.05, 3.63) is 37.8 Å². The maximum absolute atomic E-state index is 12.4. The summed E-state index contributed by atoms with van der Waals surface area (Å²) in [6.45, 7) is 0. The number of nitro benzene ring substituents is 1. The number of carbonyl (C=O) groups is 1. The molecule has 92 valence electrons. The molecule has 17 heavy (non-hydrogen) atoms. The molecule has 1 rings (SSSR count). The van der Waals surface area contributed by atoms with E-state index in [0.29, 0.717) is 6.07 Å². The summed E-state index contributed by atoms with van der Waals surface area (Å²) in [5.74, 6) is -1.80. The van der Waals surface area contributed by atoms with Gasteiger partial charge in [0.1, 0.15) is 5.56 Å². The van der Waals surface area contributed by atoms with E-state index >= 15 is 0 Å². The second kappa shape index (κ2) is 4.32. The van der Waals surface area contributed by atoms with Gasteiger partial charge in [0.15, 0.2) is 0 Å². The molecule has 0 radical (unpaired) electrons. The molecule has 0 heterocycles. The Hall–Kier alpha value is -1.64. The Balaban J connectivity index is 3.57. The van der Waals surface area contributed by atoms with Gasteiger partial charge in [0.05, 0.1) is 10.5 Å². The van der Waals surface area contributed by atoms with E-state index in [0.717, 1.165) is 0 Å². The lowest BCUT2D eigenvalue weighted by atomic mass is 10.1. The molecule has 0 aliphatic heterocycles. The van der Waals surface area contributed by atoms with E-state index in [2.05, 4.69) is 15.9 Å². The molecule has 1 N–H and O–H groups in total. The van der Waals surface area contributed by atoms with Crippen LogP contribution in [0.15, 0.2) is 16.6 Å². The first-order valence-corrected chi connectivity index (χ1v) is 4.72. The minimum Gasteiger partial charge on any atom is -0.477 e. The van der Waals surface area contributed by atoms with Crippen molar-refractivity contribution in [3.63, 3.8) is 0 Å². The van der Waals surface area contributed by atoms with Crippen LogP contribution in [0.2, 0.25) is 0 Å². The third-order valence-corrected chi connectivity index (χ3v) is 2.47. The van der Waals surface area contributed by atoms with E-state index in [-0.39, 0.29) is 6.07 Å². The van der Waals surface area contributed by atoms with Crippen LogP contribution in [-0.2, 0) is 6.18 Å². The third kappa shape index (κ3) is 2.73. The van der Waals surface area contributed by atoms with Crippen LogP contribution in [0.1, 0.15) is 15.9 Å². The fraction of sp³-hybridized carbons (Fsp3) is 0.125. The molecule has 0 unspecified atom stereocenters. The summed E-state index contributed by atoms with van der Waals surface area (Å²) in [6, 6.07) is 0.747. The van der Waals surface area contributed by atoms with Crippen LogP contribution in [-0.4, -0.2) is 16.0 Å². The first-order valence-electron chi connectivity index (χ1n) is 3.93. The van der Waals surface area contributed by atoms with Gasteiger partial charge < -0.3 is 5.11 Å². The van der Waals surface area contributed by atoms with Gasteiger partial charge in [0.25, 0.3) is 5.69 Å². The van der Waals surface area contributed by atoms with Crippen LogP contribution in [0, 0.1) is 10.1 Å². The van der Waals surface area contributed by atoms with E-state index in [4.69, 9.17) is 5.11 Å². The van der Waals surface area contributed by atoms with Gasteiger partial charge in [-0.2, -0.15) is 13.2 Å². The van der Waals surface area contributed by atoms with Crippen LogP contribution in [0.5, 0.6) is 0 Å². The second-order valence-electron chi connectivity index (χ2n) is 2.91. The van der Waals surface area contributed by atoms with Crippen LogP contribution in [0.3, 0.4) is 0 Å². The highest BCUT2D eigenvalue weighted by Gasteiger charge is 2.36. The summed E-state index contributed by atoms with van der Waals surface area (Å²) in [5, 5.41) is 19.1. The van der Waals surface area contributed by atoms with Crippen molar-refractivity contribution >= 4 is 27.6 Å². The molecule has 1 aromatic rings. The number of nitrogens with zero attached hydrogens (tertiary/aromatic N) is 1. The van der Waals surface area contributed by atoms with Gasteiger partial charge in [-0.3, -0.25) is 10.1 Å².